The Balaban J connectivity index is 2.61. The highest BCUT2D eigenvalue weighted by Crippen LogP contribution is 2.43. The summed E-state index contributed by atoms with van der Waals surface area (Å²) in [4.78, 5) is 0. The average Bonchev–Trinajstić information content (AvgIpc) is 2.02. The summed E-state index contributed by atoms with van der Waals surface area (Å²) in [6.07, 6.45) is -0.191. The van der Waals surface area contributed by atoms with Crippen molar-refractivity contribution in [3.63, 3.8) is 0 Å². The summed E-state index contributed by atoms with van der Waals surface area (Å²) in [6, 6.07) is 4.77. The van der Waals surface area contributed by atoms with Gasteiger partial charge in [0.15, 0.2) is 0 Å². The lowest BCUT2D eigenvalue weighted by molar-refractivity contribution is -0.0121. The van der Waals surface area contributed by atoms with E-state index < -0.39 is 5.92 Å². The summed E-state index contributed by atoms with van der Waals surface area (Å²) in [5.74, 6) is -2.79. The van der Waals surface area contributed by atoms with E-state index in [0.29, 0.717) is 12.2 Å². The molecule has 1 aromatic carbocycles. The lowest BCUT2D eigenvalue weighted by Crippen LogP contribution is -2.26. The maximum Gasteiger partial charge on any atom is 0.278 e. The number of benzene rings is 1. The quantitative estimate of drug-likeness (QED) is 0.683. The molecule has 1 nitrogen and oxygen atoms in total. The molecule has 0 saturated carbocycles. The third-order valence-electron chi connectivity index (χ3n) is 2.13. The largest absolute Gasteiger partial charge is 0.384 e. The van der Waals surface area contributed by atoms with Crippen LogP contribution in [0, 0.1) is 0 Å². The first-order valence-corrected chi connectivity index (χ1v) is 4.40. The highest BCUT2D eigenvalue weighted by atomic mass is 35.5. The molecule has 0 aromatic heterocycles. The second-order valence-electron chi connectivity index (χ2n) is 3.04. The van der Waals surface area contributed by atoms with Gasteiger partial charge in [0.2, 0.25) is 0 Å². The predicted molar refractivity (Wildman–Crippen MR) is 48.5 cm³/mol. The number of hydrogen-bond acceptors (Lipinski definition) is 1. The average molecular weight is 204 g/mol. The Bertz CT molecular complexity index is 338. The van der Waals surface area contributed by atoms with Gasteiger partial charge in [-0.3, -0.25) is 0 Å². The Kier molecular flexibility index (Phi) is 1.91. The van der Waals surface area contributed by atoms with E-state index in [9.17, 15) is 8.78 Å². The van der Waals surface area contributed by atoms with Crippen LogP contribution in [0.15, 0.2) is 18.2 Å². The second-order valence-corrected chi connectivity index (χ2v) is 3.45. The van der Waals surface area contributed by atoms with Crippen LogP contribution in [-0.4, -0.2) is 6.54 Å². The minimum atomic E-state index is -2.79. The molecule has 0 saturated heterocycles. The molecule has 0 unspecified atom stereocenters. The summed E-state index contributed by atoms with van der Waals surface area (Å²) in [6.45, 7) is 0.292. The van der Waals surface area contributed by atoms with Crippen LogP contribution in [0.1, 0.15) is 12.0 Å². The van der Waals surface area contributed by atoms with E-state index in [2.05, 4.69) is 5.32 Å². The van der Waals surface area contributed by atoms with Crippen molar-refractivity contribution in [3.05, 3.63) is 28.8 Å². The number of fused-ring (bicyclic) bond motifs is 1. The van der Waals surface area contributed by atoms with E-state index >= 15 is 0 Å². The van der Waals surface area contributed by atoms with Crippen molar-refractivity contribution in [3.8, 4) is 0 Å². The molecule has 13 heavy (non-hydrogen) atoms. The van der Waals surface area contributed by atoms with Crippen LogP contribution in [0.3, 0.4) is 0 Å². The Labute approximate surface area is 79.7 Å². The van der Waals surface area contributed by atoms with Crippen LogP contribution in [0.4, 0.5) is 14.5 Å². The van der Waals surface area contributed by atoms with E-state index in [1.165, 1.54) is 6.07 Å². The van der Waals surface area contributed by atoms with Gasteiger partial charge in [0.25, 0.3) is 5.92 Å². The highest BCUT2D eigenvalue weighted by Gasteiger charge is 2.38. The van der Waals surface area contributed by atoms with Crippen molar-refractivity contribution in [2.45, 2.75) is 12.3 Å². The second kappa shape index (κ2) is 2.84. The predicted octanol–water partition coefficient (Wildman–Crippen LogP) is 3.25. The number of alkyl halides is 2. The zero-order chi connectivity index (χ0) is 9.47. The molecule has 1 aromatic rings. The van der Waals surface area contributed by atoms with Crippen LogP contribution in [0.2, 0.25) is 5.02 Å². The van der Waals surface area contributed by atoms with Gasteiger partial charge in [0.05, 0.1) is 10.6 Å². The molecule has 1 aliphatic heterocycles. The summed E-state index contributed by atoms with van der Waals surface area (Å²) in [5.41, 5.74) is 0.381. The number of anilines is 1. The first-order valence-electron chi connectivity index (χ1n) is 4.02. The fourth-order valence-electron chi connectivity index (χ4n) is 1.52. The normalized spacial score (nSPS) is 19.0. The summed E-state index contributed by atoms with van der Waals surface area (Å²) < 4.78 is 26.7. The van der Waals surface area contributed by atoms with Crippen LogP contribution in [-0.2, 0) is 5.92 Å². The molecule has 0 aliphatic carbocycles. The molecule has 0 spiro atoms. The third kappa shape index (κ3) is 1.37. The Morgan fingerprint density at radius 2 is 2.15 bits per heavy atom. The van der Waals surface area contributed by atoms with Crippen molar-refractivity contribution >= 4 is 17.3 Å². The number of halogens is 3. The van der Waals surface area contributed by atoms with E-state index in [-0.39, 0.29) is 17.0 Å². The summed E-state index contributed by atoms with van der Waals surface area (Å²) >= 11 is 5.71. The molecule has 0 radical (unpaired) electrons. The monoisotopic (exact) mass is 203 g/mol. The molecule has 1 heterocycles. The van der Waals surface area contributed by atoms with Gasteiger partial charge < -0.3 is 5.32 Å². The van der Waals surface area contributed by atoms with E-state index in [4.69, 9.17) is 11.6 Å². The van der Waals surface area contributed by atoms with Crippen molar-refractivity contribution < 1.29 is 8.78 Å². The van der Waals surface area contributed by atoms with Gasteiger partial charge in [0, 0.05) is 18.7 Å². The molecular weight excluding hydrogens is 196 g/mol. The van der Waals surface area contributed by atoms with Gasteiger partial charge in [-0.15, -0.1) is 0 Å². The van der Waals surface area contributed by atoms with Gasteiger partial charge >= 0.3 is 0 Å². The fourth-order valence-corrected chi connectivity index (χ4v) is 1.84. The van der Waals surface area contributed by atoms with Gasteiger partial charge in [-0.25, -0.2) is 8.78 Å². The summed E-state index contributed by atoms with van der Waals surface area (Å²) in [7, 11) is 0. The standard InChI is InChI=1S/C9H8ClF2N/c10-6-2-1-3-7-8(6)9(11,12)4-5-13-7/h1-3,13H,4-5H2. The van der Waals surface area contributed by atoms with Crippen molar-refractivity contribution in [2.24, 2.45) is 0 Å². The van der Waals surface area contributed by atoms with Crippen molar-refractivity contribution in [2.75, 3.05) is 11.9 Å². The maximum absolute atomic E-state index is 13.3. The smallest absolute Gasteiger partial charge is 0.278 e. The van der Waals surface area contributed by atoms with E-state index in [0.717, 1.165) is 0 Å². The van der Waals surface area contributed by atoms with Crippen LogP contribution >= 0.6 is 11.6 Å². The molecule has 0 bridgehead atoms. The highest BCUT2D eigenvalue weighted by molar-refractivity contribution is 6.31. The Morgan fingerprint density at radius 1 is 1.38 bits per heavy atom. The molecular formula is C9H8ClF2N. The first-order chi connectivity index (χ1) is 6.11. The van der Waals surface area contributed by atoms with Crippen molar-refractivity contribution in [1.29, 1.82) is 0 Å². The SMILES string of the molecule is FC1(F)CCNc2cccc(Cl)c21. The Hall–Kier alpha value is -0.830. The third-order valence-corrected chi connectivity index (χ3v) is 2.45. The molecule has 0 amide bonds. The molecule has 4 heteroatoms. The van der Waals surface area contributed by atoms with Crippen LogP contribution in [0.25, 0.3) is 0 Å². The Morgan fingerprint density at radius 3 is 2.85 bits per heavy atom. The summed E-state index contributed by atoms with van der Waals surface area (Å²) in [5, 5.41) is 3.03. The topological polar surface area (TPSA) is 12.0 Å². The molecule has 0 fully saturated rings. The molecule has 0 atom stereocenters. The van der Waals surface area contributed by atoms with Crippen molar-refractivity contribution in [1.82, 2.24) is 0 Å². The zero-order valence-electron chi connectivity index (χ0n) is 6.78. The molecule has 1 aliphatic rings. The lowest BCUT2D eigenvalue weighted by Gasteiger charge is -2.27. The number of nitrogens with one attached hydrogen (secondary N) is 1. The van der Waals surface area contributed by atoms with E-state index in [1.807, 2.05) is 0 Å². The molecule has 1 N–H and O–H groups in total. The zero-order valence-corrected chi connectivity index (χ0v) is 7.54. The van der Waals surface area contributed by atoms with Crippen LogP contribution in [0.5, 0.6) is 0 Å². The number of rotatable bonds is 0. The maximum atomic E-state index is 13.3. The van der Waals surface area contributed by atoms with E-state index in [1.54, 1.807) is 12.1 Å². The fraction of sp³-hybridized carbons (Fsp3) is 0.333. The minimum absolute atomic E-state index is 0.0667. The lowest BCUT2D eigenvalue weighted by atomic mass is 9.99. The first kappa shape index (κ1) is 8.75. The van der Waals surface area contributed by atoms with Crippen LogP contribution < -0.4 is 5.32 Å². The van der Waals surface area contributed by atoms with Gasteiger partial charge in [0.1, 0.15) is 0 Å². The van der Waals surface area contributed by atoms with Gasteiger partial charge in [-0.2, -0.15) is 0 Å². The van der Waals surface area contributed by atoms with Gasteiger partial charge in [-0.05, 0) is 12.1 Å². The minimum Gasteiger partial charge on any atom is -0.384 e. The number of hydrogen-bond donors (Lipinski definition) is 1. The van der Waals surface area contributed by atoms with Gasteiger partial charge in [-0.1, -0.05) is 17.7 Å². The molecule has 70 valence electrons. The molecule has 2 rings (SSSR count).